The van der Waals surface area contributed by atoms with Crippen LogP contribution in [0, 0.1) is 5.92 Å². The molecule has 140 valence electrons. The highest BCUT2D eigenvalue weighted by Gasteiger charge is 2.52. The number of nitrogens with two attached hydrogens (primary N) is 1. The molecule has 0 bridgehead atoms. The molecule has 0 aromatic heterocycles. The maximum Gasteiger partial charge on any atom is 0.249 e. The van der Waals surface area contributed by atoms with Gasteiger partial charge < -0.3 is 4.74 Å². The number of hydrogen-bond donors (Lipinski definition) is 1. The van der Waals surface area contributed by atoms with Gasteiger partial charge in [0.2, 0.25) is 5.92 Å². The molecule has 1 saturated heterocycles. The summed E-state index contributed by atoms with van der Waals surface area (Å²) in [5.74, 6) is 2.95. The first-order chi connectivity index (χ1) is 12.4. The lowest BCUT2D eigenvalue weighted by atomic mass is 9.72. The van der Waals surface area contributed by atoms with E-state index in [0.29, 0.717) is 12.8 Å². The van der Waals surface area contributed by atoms with Crippen LogP contribution < -0.4 is 5.84 Å². The van der Waals surface area contributed by atoms with Crippen LogP contribution in [-0.4, -0.2) is 24.6 Å². The number of halogens is 2. The van der Waals surface area contributed by atoms with Crippen LogP contribution in [-0.2, 0) is 10.3 Å². The van der Waals surface area contributed by atoms with Gasteiger partial charge in [-0.1, -0.05) is 60.7 Å². The number of benzene rings is 2. The maximum atomic E-state index is 13.9. The van der Waals surface area contributed by atoms with Crippen molar-refractivity contribution in [2.75, 3.05) is 13.7 Å². The molecule has 1 fully saturated rings. The second-order valence-corrected chi connectivity index (χ2v) is 7.16. The summed E-state index contributed by atoms with van der Waals surface area (Å²) in [7, 11) is 1.65. The standard InChI is InChI=1S/C21H26F2N2O/c1-20(22,23)18-13-14-21(25(24)15-18,17-11-7-4-8-12-17)19(26-2)16-9-5-3-6-10-16/h3-12,18-19H,13-15,24H2,1-2H3. The highest BCUT2D eigenvalue weighted by molar-refractivity contribution is 5.32. The number of hydrogen-bond acceptors (Lipinski definition) is 3. The van der Waals surface area contributed by atoms with Gasteiger partial charge in [-0.25, -0.2) is 13.8 Å². The minimum absolute atomic E-state index is 0.116. The highest BCUT2D eigenvalue weighted by Crippen LogP contribution is 2.49. The van der Waals surface area contributed by atoms with Crippen LogP contribution in [0.3, 0.4) is 0 Å². The molecule has 1 aliphatic heterocycles. The van der Waals surface area contributed by atoms with Gasteiger partial charge in [-0.3, -0.25) is 5.84 Å². The van der Waals surface area contributed by atoms with Crippen molar-refractivity contribution in [1.29, 1.82) is 0 Å². The van der Waals surface area contributed by atoms with Gasteiger partial charge in [0.05, 0.1) is 5.54 Å². The Hall–Kier alpha value is -1.82. The van der Waals surface area contributed by atoms with Gasteiger partial charge in [0.1, 0.15) is 6.10 Å². The third-order valence-corrected chi connectivity index (χ3v) is 5.57. The summed E-state index contributed by atoms with van der Waals surface area (Å²) in [6.45, 7) is 1.09. The lowest BCUT2D eigenvalue weighted by Gasteiger charge is -2.52. The summed E-state index contributed by atoms with van der Waals surface area (Å²) in [4.78, 5) is 0. The van der Waals surface area contributed by atoms with Gasteiger partial charge in [-0.15, -0.1) is 0 Å². The monoisotopic (exact) mass is 360 g/mol. The van der Waals surface area contributed by atoms with Crippen molar-refractivity contribution in [1.82, 2.24) is 5.01 Å². The average molecular weight is 360 g/mol. The minimum atomic E-state index is -2.75. The Morgan fingerprint density at radius 2 is 1.69 bits per heavy atom. The summed E-state index contributed by atoms with van der Waals surface area (Å²) >= 11 is 0. The van der Waals surface area contributed by atoms with Crippen molar-refractivity contribution in [2.24, 2.45) is 11.8 Å². The minimum Gasteiger partial charge on any atom is -0.374 e. The van der Waals surface area contributed by atoms with Crippen molar-refractivity contribution in [3.63, 3.8) is 0 Å². The molecule has 26 heavy (non-hydrogen) atoms. The number of piperidine rings is 1. The van der Waals surface area contributed by atoms with Crippen molar-refractivity contribution >= 4 is 0 Å². The molecule has 0 saturated carbocycles. The lowest BCUT2D eigenvalue weighted by molar-refractivity contribution is -0.139. The van der Waals surface area contributed by atoms with Crippen LogP contribution in [0.4, 0.5) is 8.78 Å². The quantitative estimate of drug-likeness (QED) is 0.797. The largest absolute Gasteiger partial charge is 0.374 e. The Morgan fingerprint density at radius 3 is 2.19 bits per heavy atom. The van der Waals surface area contributed by atoms with Gasteiger partial charge in [0.25, 0.3) is 0 Å². The second-order valence-electron chi connectivity index (χ2n) is 7.16. The van der Waals surface area contributed by atoms with Gasteiger partial charge in [-0.05, 0) is 30.9 Å². The summed E-state index contributed by atoms with van der Waals surface area (Å²) in [5.41, 5.74) is 1.27. The van der Waals surface area contributed by atoms with E-state index in [1.807, 2.05) is 60.7 Å². The average Bonchev–Trinajstić information content (AvgIpc) is 2.64. The first kappa shape index (κ1) is 19.0. The summed E-state index contributed by atoms with van der Waals surface area (Å²) in [6, 6.07) is 19.7. The van der Waals surface area contributed by atoms with Crippen LogP contribution in [0.2, 0.25) is 0 Å². The Morgan fingerprint density at radius 1 is 1.12 bits per heavy atom. The summed E-state index contributed by atoms with van der Waals surface area (Å²) in [6.07, 6.45) is 0.524. The van der Waals surface area contributed by atoms with E-state index in [1.165, 1.54) is 0 Å². The van der Waals surface area contributed by atoms with Crippen molar-refractivity contribution in [3.8, 4) is 0 Å². The fraction of sp³-hybridized carbons (Fsp3) is 0.429. The number of alkyl halides is 2. The van der Waals surface area contributed by atoms with Crippen molar-refractivity contribution in [2.45, 2.75) is 37.3 Å². The SMILES string of the molecule is COC(c1ccccc1)C1(c2ccccc2)CCC(C(C)(F)F)CN1N. The molecule has 2 N–H and O–H groups in total. The molecule has 3 rings (SSSR count). The third kappa shape index (κ3) is 3.39. The molecule has 3 unspecified atom stereocenters. The zero-order valence-electron chi connectivity index (χ0n) is 15.2. The molecule has 0 radical (unpaired) electrons. The Bertz CT molecular complexity index is 705. The first-order valence-corrected chi connectivity index (χ1v) is 8.93. The molecule has 1 heterocycles. The predicted octanol–water partition coefficient (Wildman–Crippen LogP) is 4.51. The van der Waals surface area contributed by atoms with Gasteiger partial charge in [0.15, 0.2) is 0 Å². The van der Waals surface area contributed by atoms with E-state index in [9.17, 15) is 8.78 Å². The van der Waals surface area contributed by atoms with E-state index in [1.54, 1.807) is 12.1 Å². The van der Waals surface area contributed by atoms with Crippen LogP contribution in [0.25, 0.3) is 0 Å². The molecule has 3 nitrogen and oxygen atoms in total. The number of hydrazine groups is 1. The molecule has 3 atom stereocenters. The number of methoxy groups -OCH3 is 1. The van der Waals surface area contributed by atoms with Gasteiger partial charge in [0, 0.05) is 19.6 Å². The Balaban J connectivity index is 2.07. The van der Waals surface area contributed by atoms with Crippen LogP contribution >= 0.6 is 0 Å². The fourth-order valence-corrected chi connectivity index (χ4v) is 4.15. The molecular formula is C21H26F2N2O. The van der Waals surface area contributed by atoms with E-state index in [4.69, 9.17) is 10.6 Å². The van der Waals surface area contributed by atoms with Crippen LogP contribution in [0.5, 0.6) is 0 Å². The predicted molar refractivity (Wildman–Crippen MR) is 98.6 cm³/mol. The molecule has 0 aliphatic carbocycles. The molecule has 1 aliphatic rings. The van der Waals surface area contributed by atoms with E-state index in [-0.39, 0.29) is 12.6 Å². The second kappa shape index (κ2) is 7.43. The van der Waals surface area contributed by atoms with E-state index >= 15 is 0 Å². The Labute approximate surface area is 153 Å². The van der Waals surface area contributed by atoms with Gasteiger partial charge >= 0.3 is 0 Å². The summed E-state index contributed by atoms with van der Waals surface area (Å²) in [5, 5.41) is 1.58. The zero-order valence-corrected chi connectivity index (χ0v) is 15.2. The molecule has 2 aromatic carbocycles. The molecule has 2 aromatic rings. The van der Waals surface area contributed by atoms with Crippen molar-refractivity contribution in [3.05, 3.63) is 71.8 Å². The number of ether oxygens (including phenoxy) is 1. The van der Waals surface area contributed by atoms with E-state index < -0.39 is 17.4 Å². The number of nitrogens with zero attached hydrogens (tertiary/aromatic N) is 1. The highest BCUT2D eigenvalue weighted by atomic mass is 19.3. The zero-order chi connectivity index (χ0) is 18.8. The molecular weight excluding hydrogens is 334 g/mol. The normalized spacial score (nSPS) is 25.8. The first-order valence-electron chi connectivity index (χ1n) is 8.93. The smallest absolute Gasteiger partial charge is 0.249 e. The summed E-state index contributed by atoms with van der Waals surface area (Å²) < 4.78 is 33.8. The topological polar surface area (TPSA) is 38.5 Å². The Kier molecular flexibility index (Phi) is 5.42. The number of rotatable bonds is 5. The maximum absolute atomic E-state index is 13.9. The van der Waals surface area contributed by atoms with E-state index in [2.05, 4.69) is 0 Å². The molecule has 0 amide bonds. The lowest BCUT2D eigenvalue weighted by Crippen LogP contribution is -2.60. The third-order valence-electron chi connectivity index (χ3n) is 5.57. The molecule has 0 spiro atoms. The van der Waals surface area contributed by atoms with Crippen LogP contribution in [0.1, 0.15) is 37.0 Å². The van der Waals surface area contributed by atoms with Crippen LogP contribution in [0.15, 0.2) is 60.7 Å². The van der Waals surface area contributed by atoms with Gasteiger partial charge in [-0.2, -0.15) is 0 Å². The fourth-order valence-electron chi connectivity index (χ4n) is 4.15. The van der Waals surface area contributed by atoms with E-state index in [0.717, 1.165) is 18.1 Å². The molecule has 5 heteroatoms. The van der Waals surface area contributed by atoms with Crippen molar-refractivity contribution < 1.29 is 13.5 Å².